The van der Waals surface area contributed by atoms with Crippen LogP contribution in [0.2, 0.25) is 0 Å². The number of benzene rings is 2. The minimum Gasteiger partial charge on any atom is -0.422 e. The summed E-state index contributed by atoms with van der Waals surface area (Å²) in [6, 6.07) is 14.6. The van der Waals surface area contributed by atoms with Gasteiger partial charge < -0.3 is 20.8 Å². The van der Waals surface area contributed by atoms with E-state index in [9.17, 15) is 14.4 Å². The minimum atomic E-state index is -0.683. The van der Waals surface area contributed by atoms with Gasteiger partial charge in [-0.25, -0.2) is 9.59 Å². The van der Waals surface area contributed by atoms with Crippen molar-refractivity contribution in [1.29, 1.82) is 0 Å². The molecule has 25 heavy (non-hydrogen) atoms. The Labute approximate surface area is 142 Å². The molecule has 0 aliphatic carbocycles. The molecule has 0 bridgehead atoms. The zero-order chi connectivity index (χ0) is 17.8. The summed E-state index contributed by atoms with van der Waals surface area (Å²) in [5.74, 6) is -0.515. The fourth-order valence-corrected chi connectivity index (χ4v) is 2.35. The summed E-state index contributed by atoms with van der Waals surface area (Å²) in [5.41, 5.74) is 6.09. The number of urea groups is 1. The van der Waals surface area contributed by atoms with Gasteiger partial charge in [0.2, 0.25) is 0 Å². The summed E-state index contributed by atoms with van der Waals surface area (Å²) in [7, 11) is 0. The lowest BCUT2D eigenvalue weighted by Crippen LogP contribution is -2.27. The smallest absolute Gasteiger partial charge is 0.349 e. The zero-order valence-electron chi connectivity index (χ0n) is 13.1. The largest absolute Gasteiger partial charge is 0.422 e. The third kappa shape index (κ3) is 3.84. The average molecular weight is 337 g/mol. The molecule has 0 aliphatic heterocycles. The standard InChI is InChI=1S/C18H15N3O4/c19-18(24)21-13-7-5-11(6-8-13)10-20-16(22)14-9-12-3-1-2-4-15(12)25-17(14)23/h1-9H,10H2,(H,20,22)(H3,19,21,24). The number of rotatable bonds is 4. The molecule has 0 saturated carbocycles. The van der Waals surface area contributed by atoms with Crippen molar-refractivity contribution < 1.29 is 14.0 Å². The third-order valence-corrected chi connectivity index (χ3v) is 3.56. The molecule has 0 atom stereocenters. The first kappa shape index (κ1) is 16.3. The maximum Gasteiger partial charge on any atom is 0.349 e. The van der Waals surface area contributed by atoms with E-state index in [1.54, 1.807) is 48.5 Å². The Bertz CT molecular complexity index is 993. The molecule has 0 fully saturated rings. The second-order valence-corrected chi connectivity index (χ2v) is 5.35. The molecular formula is C18H15N3O4. The van der Waals surface area contributed by atoms with E-state index in [1.165, 1.54) is 6.07 Å². The van der Waals surface area contributed by atoms with Crippen LogP contribution in [0.5, 0.6) is 0 Å². The number of nitrogens with two attached hydrogens (primary N) is 1. The van der Waals surface area contributed by atoms with Crippen LogP contribution in [0, 0.1) is 0 Å². The van der Waals surface area contributed by atoms with E-state index < -0.39 is 17.6 Å². The quantitative estimate of drug-likeness (QED) is 0.633. The van der Waals surface area contributed by atoms with Crippen molar-refractivity contribution in [3.05, 3.63) is 76.1 Å². The Morgan fingerprint density at radius 1 is 1.04 bits per heavy atom. The maximum atomic E-state index is 12.3. The number of fused-ring (bicyclic) bond motifs is 1. The number of amides is 3. The van der Waals surface area contributed by atoms with E-state index in [0.717, 1.165) is 5.56 Å². The van der Waals surface area contributed by atoms with E-state index in [2.05, 4.69) is 10.6 Å². The second kappa shape index (κ2) is 6.88. The van der Waals surface area contributed by atoms with Crippen LogP contribution in [0.1, 0.15) is 15.9 Å². The van der Waals surface area contributed by atoms with Crippen LogP contribution >= 0.6 is 0 Å². The van der Waals surface area contributed by atoms with Crippen molar-refractivity contribution in [2.75, 3.05) is 5.32 Å². The van der Waals surface area contributed by atoms with Gasteiger partial charge in [0.15, 0.2) is 0 Å². The van der Waals surface area contributed by atoms with Gasteiger partial charge in [0.1, 0.15) is 11.1 Å². The summed E-state index contributed by atoms with van der Waals surface area (Å²) >= 11 is 0. The van der Waals surface area contributed by atoms with Gasteiger partial charge in [0.25, 0.3) is 5.91 Å². The molecule has 3 amide bonds. The van der Waals surface area contributed by atoms with Gasteiger partial charge in [-0.1, -0.05) is 30.3 Å². The highest BCUT2D eigenvalue weighted by Gasteiger charge is 2.13. The molecule has 0 aliphatic rings. The number of hydrogen-bond donors (Lipinski definition) is 3. The summed E-state index contributed by atoms with van der Waals surface area (Å²) in [6.45, 7) is 0.224. The monoisotopic (exact) mass is 337 g/mol. The van der Waals surface area contributed by atoms with E-state index >= 15 is 0 Å². The molecule has 3 rings (SSSR count). The van der Waals surface area contributed by atoms with Gasteiger partial charge in [-0.15, -0.1) is 0 Å². The predicted octanol–water partition coefficient (Wildman–Crippen LogP) is 2.21. The van der Waals surface area contributed by atoms with E-state index in [0.29, 0.717) is 16.7 Å². The first-order valence-corrected chi connectivity index (χ1v) is 7.49. The number of carbonyl (C=O) groups excluding carboxylic acids is 2. The second-order valence-electron chi connectivity index (χ2n) is 5.35. The molecule has 0 radical (unpaired) electrons. The van der Waals surface area contributed by atoms with Crippen LogP contribution in [-0.4, -0.2) is 11.9 Å². The number of primary amides is 1. The molecule has 1 heterocycles. The summed E-state index contributed by atoms with van der Waals surface area (Å²) < 4.78 is 5.15. The lowest BCUT2D eigenvalue weighted by atomic mass is 10.1. The van der Waals surface area contributed by atoms with Crippen LogP contribution in [0.3, 0.4) is 0 Å². The molecule has 1 aromatic heterocycles. The molecule has 7 heteroatoms. The molecule has 126 valence electrons. The molecular weight excluding hydrogens is 322 g/mol. The highest BCUT2D eigenvalue weighted by Crippen LogP contribution is 2.13. The average Bonchev–Trinajstić information content (AvgIpc) is 2.60. The topological polar surface area (TPSA) is 114 Å². The van der Waals surface area contributed by atoms with E-state index in [1.807, 2.05) is 0 Å². The van der Waals surface area contributed by atoms with Crippen LogP contribution in [0.15, 0.2) is 63.8 Å². The van der Waals surface area contributed by atoms with Crippen molar-refractivity contribution in [2.24, 2.45) is 5.73 Å². The van der Waals surface area contributed by atoms with Crippen molar-refractivity contribution >= 4 is 28.6 Å². The Balaban J connectivity index is 1.71. The van der Waals surface area contributed by atoms with Crippen LogP contribution < -0.4 is 22.0 Å². The molecule has 4 N–H and O–H groups in total. The lowest BCUT2D eigenvalue weighted by Gasteiger charge is -2.07. The van der Waals surface area contributed by atoms with Crippen molar-refractivity contribution in [2.45, 2.75) is 6.54 Å². The van der Waals surface area contributed by atoms with Crippen molar-refractivity contribution in [3.63, 3.8) is 0 Å². The number of hydrogen-bond acceptors (Lipinski definition) is 4. The zero-order valence-corrected chi connectivity index (χ0v) is 13.1. The normalized spacial score (nSPS) is 10.4. The van der Waals surface area contributed by atoms with Gasteiger partial charge >= 0.3 is 11.7 Å². The number of para-hydroxylation sites is 1. The SMILES string of the molecule is NC(=O)Nc1ccc(CNC(=O)c2cc3ccccc3oc2=O)cc1. The molecule has 7 nitrogen and oxygen atoms in total. The number of anilines is 1. The predicted molar refractivity (Wildman–Crippen MR) is 93.3 cm³/mol. The number of nitrogens with one attached hydrogen (secondary N) is 2. The lowest BCUT2D eigenvalue weighted by molar-refractivity contribution is 0.0947. The van der Waals surface area contributed by atoms with Gasteiger partial charge in [0, 0.05) is 17.6 Å². The van der Waals surface area contributed by atoms with Gasteiger partial charge in [-0.3, -0.25) is 4.79 Å². The first-order chi connectivity index (χ1) is 12.0. The first-order valence-electron chi connectivity index (χ1n) is 7.49. The van der Waals surface area contributed by atoms with Crippen LogP contribution in [-0.2, 0) is 6.54 Å². The van der Waals surface area contributed by atoms with Gasteiger partial charge in [0.05, 0.1) is 0 Å². The molecule has 2 aromatic carbocycles. The van der Waals surface area contributed by atoms with Gasteiger partial charge in [-0.2, -0.15) is 0 Å². The Kier molecular flexibility index (Phi) is 4.47. The highest BCUT2D eigenvalue weighted by molar-refractivity contribution is 5.96. The molecule has 0 saturated heterocycles. The summed E-state index contributed by atoms with van der Waals surface area (Å²) in [4.78, 5) is 35.0. The maximum absolute atomic E-state index is 12.3. The van der Waals surface area contributed by atoms with Crippen molar-refractivity contribution in [3.8, 4) is 0 Å². The number of carbonyl (C=O) groups is 2. The van der Waals surface area contributed by atoms with Crippen LogP contribution in [0.4, 0.5) is 10.5 Å². The van der Waals surface area contributed by atoms with Gasteiger partial charge in [-0.05, 0) is 29.8 Å². The molecule has 0 spiro atoms. The van der Waals surface area contributed by atoms with Crippen LogP contribution in [0.25, 0.3) is 11.0 Å². The highest BCUT2D eigenvalue weighted by atomic mass is 16.4. The summed E-state index contributed by atoms with van der Waals surface area (Å²) in [5, 5.41) is 5.79. The Morgan fingerprint density at radius 3 is 2.48 bits per heavy atom. The fourth-order valence-electron chi connectivity index (χ4n) is 2.35. The summed E-state index contributed by atoms with van der Waals surface area (Å²) in [6.07, 6.45) is 0. The molecule has 0 unspecified atom stereocenters. The minimum absolute atomic E-state index is 0.0503. The van der Waals surface area contributed by atoms with Crippen molar-refractivity contribution in [1.82, 2.24) is 5.32 Å². The fraction of sp³-hybridized carbons (Fsp3) is 0.0556. The Hall–Kier alpha value is -3.61. The Morgan fingerprint density at radius 2 is 1.76 bits per heavy atom. The van der Waals surface area contributed by atoms with E-state index in [-0.39, 0.29) is 12.1 Å². The van der Waals surface area contributed by atoms with E-state index in [4.69, 9.17) is 10.2 Å². The molecule has 3 aromatic rings. The third-order valence-electron chi connectivity index (χ3n) is 3.56.